The predicted molar refractivity (Wildman–Crippen MR) is 139 cm³/mol. The van der Waals surface area contributed by atoms with Gasteiger partial charge < -0.3 is 14.2 Å². The summed E-state index contributed by atoms with van der Waals surface area (Å²) in [4.78, 5) is 12.8. The van der Waals surface area contributed by atoms with Crippen molar-refractivity contribution in [1.82, 2.24) is 10.2 Å². The van der Waals surface area contributed by atoms with Crippen LogP contribution >= 0.6 is 11.8 Å². The molecule has 0 saturated heterocycles. The Hall–Kier alpha value is -3.73. The number of halogens is 4. The number of benzene rings is 3. The van der Waals surface area contributed by atoms with Crippen LogP contribution in [0, 0.1) is 12.7 Å². The minimum atomic E-state index is -4.81. The minimum absolute atomic E-state index is 0.164. The summed E-state index contributed by atoms with van der Waals surface area (Å²) < 4.78 is 67.2. The summed E-state index contributed by atoms with van der Waals surface area (Å²) in [5, 5.41) is 7.10. The summed E-state index contributed by atoms with van der Waals surface area (Å²) in [5.41, 5.74) is 1.53. The van der Waals surface area contributed by atoms with Crippen LogP contribution in [0.5, 0.6) is 11.5 Å². The maximum Gasteiger partial charge on any atom is 0.573 e. The van der Waals surface area contributed by atoms with E-state index >= 15 is 0 Å². The number of hydrogen-bond acceptors (Lipinski definition) is 6. The normalized spacial score (nSPS) is 12.8. The summed E-state index contributed by atoms with van der Waals surface area (Å²) in [6.45, 7) is 6.89. The molecule has 1 unspecified atom stereocenters. The average Bonchev–Trinajstić information content (AvgIpc) is 3.26. The van der Waals surface area contributed by atoms with Crippen molar-refractivity contribution in [2.24, 2.45) is 0 Å². The molecule has 11 heteroatoms. The summed E-state index contributed by atoms with van der Waals surface area (Å²) >= 11 is 1.39. The Balaban J connectivity index is 1.61. The number of aryl methyl sites for hydroxylation is 1. The number of aromatic nitrogens is 2. The first-order chi connectivity index (χ1) is 18.3. The number of H-pyrrole nitrogens is 1. The fourth-order valence-corrected chi connectivity index (χ4v) is 5.12. The van der Waals surface area contributed by atoms with Gasteiger partial charge in [0.2, 0.25) is 0 Å². The van der Waals surface area contributed by atoms with E-state index in [0.717, 1.165) is 10.5 Å². The molecule has 1 aromatic heterocycles. The van der Waals surface area contributed by atoms with Crippen molar-refractivity contribution >= 4 is 28.6 Å². The van der Waals surface area contributed by atoms with Gasteiger partial charge in [-0.05, 0) is 75.2 Å². The summed E-state index contributed by atoms with van der Waals surface area (Å²) in [5.74, 6) is -0.825. The number of fused-ring (bicyclic) bond motifs is 1. The number of ether oxygens (including phenoxy) is 3. The van der Waals surface area contributed by atoms with Gasteiger partial charge in [-0.1, -0.05) is 24.3 Å². The number of carbonyl (C=O) groups excluding carboxylic acids is 1. The van der Waals surface area contributed by atoms with E-state index in [1.807, 2.05) is 13.0 Å². The Kier molecular flexibility index (Phi) is 8.10. The number of aromatic amines is 1. The molecule has 1 heterocycles. The molecule has 0 spiro atoms. The predicted octanol–water partition coefficient (Wildman–Crippen LogP) is 7.51. The third-order valence-corrected chi connectivity index (χ3v) is 6.68. The molecule has 3 aromatic carbocycles. The fourth-order valence-electron chi connectivity index (χ4n) is 3.86. The smallest absolute Gasteiger partial charge is 0.482 e. The van der Waals surface area contributed by atoms with Gasteiger partial charge >= 0.3 is 12.3 Å². The first kappa shape index (κ1) is 28.3. The van der Waals surface area contributed by atoms with Gasteiger partial charge in [-0.15, -0.1) is 24.9 Å². The van der Waals surface area contributed by atoms with E-state index in [2.05, 4.69) is 14.9 Å². The SMILES string of the molecule is Cc1cc(SC(c2ccc(OC(F)(F)F)cc2)c2[nH]nc3c(F)cccc23)ccc1OCC(=O)OC(C)(C)C. The second-order valence-electron chi connectivity index (χ2n) is 9.69. The Morgan fingerprint density at radius 2 is 1.77 bits per heavy atom. The van der Waals surface area contributed by atoms with Crippen molar-refractivity contribution in [3.8, 4) is 11.5 Å². The third kappa shape index (κ3) is 7.44. The van der Waals surface area contributed by atoms with Crippen molar-refractivity contribution in [1.29, 1.82) is 0 Å². The molecule has 6 nitrogen and oxygen atoms in total. The second kappa shape index (κ2) is 11.2. The Morgan fingerprint density at radius 1 is 1.05 bits per heavy atom. The zero-order chi connectivity index (χ0) is 28.4. The van der Waals surface area contributed by atoms with Crippen molar-refractivity contribution < 1.29 is 36.6 Å². The molecule has 0 aliphatic rings. The molecule has 0 aliphatic carbocycles. The number of nitrogens with one attached hydrogen (secondary N) is 1. The largest absolute Gasteiger partial charge is 0.573 e. The van der Waals surface area contributed by atoms with Gasteiger partial charge in [-0.3, -0.25) is 5.10 Å². The lowest BCUT2D eigenvalue weighted by Gasteiger charge is -2.20. The van der Waals surface area contributed by atoms with Crippen molar-refractivity contribution in [3.63, 3.8) is 0 Å². The zero-order valence-corrected chi connectivity index (χ0v) is 22.4. The monoisotopic (exact) mass is 562 g/mol. The molecule has 206 valence electrons. The highest BCUT2D eigenvalue weighted by molar-refractivity contribution is 7.99. The molecule has 0 saturated carbocycles. The molecule has 4 rings (SSSR count). The first-order valence-corrected chi connectivity index (χ1v) is 12.8. The Labute approximate surface area is 226 Å². The first-order valence-electron chi connectivity index (χ1n) is 11.9. The second-order valence-corrected chi connectivity index (χ2v) is 10.9. The quantitative estimate of drug-likeness (QED) is 0.136. The van der Waals surface area contributed by atoms with E-state index in [1.54, 1.807) is 45.0 Å². The standard InChI is InChI=1S/C28H26F4N2O4S/c1-16-14-19(12-13-22(16)36-15-23(35)38-27(2,3)4)39-26(17-8-10-18(11-9-17)37-28(30,31)32)25-20-6-5-7-21(29)24(20)33-34-25/h5-14,26H,15H2,1-4H3,(H,33,34). The van der Waals surface area contributed by atoms with Crippen molar-refractivity contribution in [3.05, 3.63) is 83.3 Å². The van der Waals surface area contributed by atoms with Gasteiger partial charge in [-0.25, -0.2) is 9.18 Å². The summed E-state index contributed by atoms with van der Waals surface area (Å²) in [6.07, 6.45) is -4.81. The highest BCUT2D eigenvalue weighted by atomic mass is 32.2. The van der Waals surface area contributed by atoms with E-state index < -0.39 is 29.0 Å². The molecule has 0 bridgehead atoms. The van der Waals surface area contributed by atoms with Crippen molar-refractivity contribution in [2.45, 2.75) is 49.8 Å². The number of alkyl halides is 3. The Morgan fingerprint density at radius 3 is 2.41 bits per heavy atom. The van der Waals surface area contributed by atoms with Crippen LogP contribution in [0.25, 0.3) is 10.9 Å². The Bertz CT molecular complexity index is 1460. The minimum Gasteiger partial charge on any atom is -0.482 e. The van der Waals surface area contributed by atoms with Crippen LogP contribution in [0.3, 0.4) is 0 Å². The van der Waals surface area contributed by atoms with Crippen LogP contribution in [0.4, 0.5) is 17.6 Å². The van der Waals surface area contributed by atoms with Crippen LogP contribution in [-0.2, 0) is 9.53 Å². The van der Waals surface area contributed by atoms with Gasteiger partial charge in [0.05, 0.1) is 10.9 Å². The van der Waals surface area contributed by atoms with Crippen LogP contribution in [0.15, 0.2) is 65.6 Å². The lowest BCUT2D eigenvalue weighted by molar-refractivity contribution is -0.274. The molecule has 39 heavy (non-hydrogen) atoms. The number of nitrogens with zero attached hydrogens (tertiary/aromatic N) is 1. The molecule has 0 amide bonds. The van der Waals surface area contributed by atoms with Crippen LogP contribution < -0.4 is 9.47 Å². The summed E-state index contributed by atoms with van der Waals surface area (Å²) in [7, 11) is 0. The van der Waals surface area contributed by atoms with E-state index in [0.29, 0.717) is 22.4 Å². The molecule has 1 N–H and O–H groups in total. The van der Waals surface area contributed by atoms with Gasteiger partial charge in [0, 0.05) is 10.3 Å². The maximum absolute atomic E-state index is 14.4. The van der Waals surface area contributed by atoms with Crippen LogP contribution in [0.1, 0.15) is 42.8 Å². The average molecular weight is 563 g/mol. The van der Waals surface area contributed by atoms with Crippen LogP contribution in [0.2, 0.25) is 0 Å². The van der Waals surface area contributed by atoms with E-state index in [4.69, 9.17) is 9.47 Å². The number of carbonyl (C=O) groups is 1. The highest BCUT2D eigenvalue weighted by Gasteiger charge is 2.31. The third-order valence-electron chi connectivity index (χ3n) is 5.41. The summed E-state index contributed by atoms with van der Waals surface area (Å²) in [6, 6.07) is 15.5. The number of para-hydroxylation sites is 1. The number of hydrogen-bond donors (Lipinski definition) is 1. The molecule has 1 atom stereocenters. The number of thioether (sulfide) groups is 1. The number of esters is 1. The molecular weight excluding hydrogens is 536 g/mol. The molecule has 0 aliphatic heterocycles. The van der Waals surface area contributed by atoms with Gasteiger partial charge in [0.15, 0.2) is 12.4 Å². The number of rotatable bonds is 8. The van der Waals surface area contributed by atoms with E-state index in [-0.39, 0.29) is 17.9 Å². The van der Waals surface area contributed by atoms with Gasteiger partial charge in [-0.2, -0.15) is 5.10 Å². The maximum atomic E-state index is 14.4. The molecule has 0 radical (unpaired) electrons. The zero-order valence-electron chi connectivity index (χ0n) is 21.6. The van der Waals surface area contributed by atoms with E-state index in [1.165, 1.54) is 42.1 Å². The topological polar surface area (TPSA) is 73.4 Å². The molecule has 4 aromatic rings. The highest BCUT2D eigenvalue weighted by Crippen LogP contribution is 2.43. The lowest BCUT2D eigenvalue weighted by Crippen LogP contribution is -2.27. The van der Waals surface area contributed by atoms with Crippen LogP contribution in [-0.4, -0.2) is 34.7 Å². The molecule has 0 fully saturated rings. The van der Waals surface area contributed by atoms with Crippen molar-refractivity contribution in [2.75, 3.05) is 6.61 Å². The molecular formula is C28H26F4N2O4S. The fraction of sp³-hybridized carbons (Fsp3) is 0.286. The van der Waals surface area contributed by atoms with Gasteiger partial charge in [0.1, 0.15) is 22.6 Å². The van der Waals surface area contributed by atoms with Gasteiger partial charge in [0.25, 0.3) is 0 Å². The van der Waals surface area contributed by atoms with E-state index in [9.17, 15) is 22.4 Å². The lowest BCUT2D eigenvalue weighted by atomic mass is 10.1.